The lowest BCUT2D eigenvalue weighted by atomic mass is 10.2. The predicted octanol–water partition coefficient (Wildman–Crippen LogP) is 5.82. The minimum Gasteiger partial charge on any atom is -0.497 e. The summed E-state index contributed by atoms with van der Waals surface area (Å²) < 4.78 is 7.90. The fourth-order valence-corrected chi connectivity index (χ4v) is 3.75. The normalized spacial score (nSPS) is 11.3. The van der Waals surface area contributed by atoms with Crippen molar-refractivity contribution in [3.63, 3.8) is 0 Å². The summed E-state index contributed by atoms with van der Waals surface area (Å²) in [4.78, 5) is 18.1. The molecular formula is C23H16ClIN2O2. The molecule has 0 aliphatic heterocycles. The third kappa shape index (κ3) is 4.06. The Labute approximate surface area is 186 Å². The monoisotopic (exact) mass is 514 g/mol. The minimum atomic E-state index is -0.138. The van der Waals surface area contributed by atoms with Crippen molar-refractivity contribution in [2.45, 2.75) is 0 Å². The minimum absolute atomic E-state index is 0.138. The second kappa shape index (κ2) is 8.39. The van der Waals surface area contributed by atoms with Crippen LogP contribution in [-0.2, 0) is 0 Å². The number of benzene rings is 3. The number of halogens is 2. The van der Waals surface area contributed by atoms with Gasteiger partial charge in [-0.2, -0.15) is 0 Å². The van der Waals surface area contributed by atoms with Crippen LogP contribution in [0.3, 0.4) is 0 Å². The quantitative estimate of drug-likeness (QED) is 0.322. The van der Waals surface area contributed by atoms with Gasteiger partial charge in [0.25, 0.3) is 5.56 Å². The zero-order chi connectivity index (χ0) is 20.4. The average Bonchev–Trinajstić information content (AvgIpc) is 2.74. The maximum absolute atomic E-state index is 13.4. The second-order valence-corrected chi connectivity index (χ2v) is 7.98. The first-order valence-corrected chi connectivity index (χ1v) is 10.3. The zero-order valence-corrected chi connectivity index (χ0v) is 18.4. The summed E-state index contributed by atoms with van der Waals surface area (Å²) >= 11 is 8.47. The zero-order valence-electron chi connectivity index (χ0n) is 15.5. The van der Waals surface area contributed by atoms with Crippen molar-refractivity contribution >= 4 is 57.2 Å². The van der Waals surface area contributed by atoms with E-state index in [-0.39, 0.29) is 5.56 Å². The summed E-state index contributed by atoms with van der Waals surface area (Å²) in [6, 6.07) is 20.5. The molecule has 0 bridgehead atoms. The standard InChI is InChI=1S/C23H16ClIN2O2/c1-29-18-7-4-6-17(14-18)27-22(12-9-15-5-2-3-8-20(15)24)26-21-11-10-16(25)13-19(21)23(27)28/h2-14H,1H3. The molecular weight excluding hydrogens is 499 g/mol. The fourth-order valence-electron chi connectivity index (χ4n) is 3.06. The number of hydrogen-bond acceptors (Lipinski definition) is 3. The number of fused-ring (bicyclic) bond motifs is 1. The lowest BCUT2D eigenvalue weighted by molar-refractivity contribution is 0.414. The summed E-state index contributed by atoms with van der Waals surface area (Å²) in [7, 11) is 1.60. The topological polar surface area (TPSA) is 44.1 Å². The molecule has 1 aromatic heterocycles. The predicted molar refractivity (Wildman–Crippen MR) is 127 cm³/mol. The van der Waals surface area contributed by atoms with E-state index < -0.39 is 0 Å². The van der Waals surface area contributed by atoms with E-state index in [4.69, 9.17) is 21.3 Å². The number of nitrogens with zero attached hydrogens (tertiary/aromatic N) is 2. The molecule has 6 heteroatoms. The Morgan fingerprint density at radius 1 is 1.03 bits per heavy atom. The van der Waals surface area contributed by atoms with Crippen LogP contribution in [0.4, 0.5) is 0 Å². The SMILES string of the molecule is COc1cccc(-n2c(C=Cc3ccccc3Cl)nc3ccc(I)cc3c2=O)c1. The molecule has 0 aliphatic rings. The van der Waals surface area contributed by atoms with Gasteiger partial charge in [-0.3, -0.25) is 9.36 Å². The maximum atomic E-state index is 13.4. The van der Waals surface area contributed by atoms with Crippen molar-refractivity contribution in [2.24, 2.45) is 0 Å². The molecule has 0 spiro atoms. The summed E-state index contributed by atoms with van der Waals surface area (Å²) in [5, 5.41) is 1.20. The third-order valence-electron chi connectivity index (χ3n) is 4.48. The largest absolute Gasteiger partial charge is 0.497 e. The van der Waals surface area contributed by atoms with E-state index in [1.54, 1.807) is 17.8 Å². The molecule has 0 N–H and O–H groups in total. The molecule has 0 fully saturated rings. The van der Waals surface area contributed by atoms with Crippen LogP contribution in [-0.4, -0.2) is 16.7 Å². The van der Waals surface area contributed by atoms with Crippen LogP contribution in [0.5, 0.6) is 5.75 Å². The molecule has 4 aromatic rings. The molecule has 0 radical (unpaired) electrons. The van der Waals surface area contributed by atoms with Gasteiger partial charge in [-0.25, -0.2) is 4.98 Å². The highest BCUT2D eigenvalue weighted by Crippen LogP contribution is 2.22. The van der Waals surface area contributed by atoms with Gasteiger partial charge in [0, 0.05) is 14.7 Å². The Morgan fingerprint density at radius 2 is 1.86 bits per heavy atom. The van der Waals surface area contributed by atoms with E-state index >= 15 is 0 Å². The summed E-state index contributed by atoms with van der Waals surface area (Å²) in [6.45, 7) is 0. The van der Waals surface area contributed by atoms with E-state index in [2.05, 4.69) is 22.6 Å². The van der Waals surface area contributed by atoms with Gasteiger partial charge in [-0.1, -0.05) is 35.9 Å². The lowest BCUT2D eigenvalue weighted by Gasteiger charge is -2.12. The van der Waals surface area contributed by atoms with Crippen molar-refractivity contribution in [3.05, 3.63) is 97.1 Å². The molecule has 4 rings (SSSR count). The van der Waals surface area contributed by atoms with Crippen molar-refractivity contribution in [3.8, 4) is 11.4 Å². The van der Waals surface area contributed by atoms with Crippen LogP contribution in [0, 0.1) is 3.57 Å². The first-order chi connectivity index (χ1) is 14.1. The second-order valence-electron chi connectivity index (χ2n) is 6.33. The van der Waals surface area contributed by atoms with E-state index in [1.165, 1.54) is 0 Å². The van der Waals surface area contributed by atoms with Crippen molar-refractivity contribution in [2.75, 3.05) is 7.11 Å². The van der Waals surface area contributed by atoms with Crippen molar-refractivity contribution in [1.29, 1.82) is 0 Å². The summed E-state index contributed by atoms with van der Waals surface area (Å²) in [6.07, 6.45) is 3.67. The highest BCUT2D eigenvalue weighted by atomic mass is 127. The van der Waals surface area contributed by atoms with Gasteiger partial charge in [-0.05, 0) is 76.7 Å². The van der Waals surface area contributed by atoms with Gasteiger partial charge in [0.2, 0.25) is 0 Å². The van der Waals surface area contributed by atoms with Crippen LogP contribution in [0.15, 0.2) is 71.5 Å². The molecule has 0 atom stereocenters. The van der Waals surface area contributed by atoms with E-state index in [0.717, 1.165) is 9.13 Å². The van der Waals surface area contributed by atoms with Crippen LogP contribution < -0.4 is 10.3 Å². The Morgan fingerprint density at radius 3 is 2.66 bits per heavy atom. The van der Waals surface area contributed by atoms with Crippen LogP contribution in [0.1, 0.15) is 11.4 Å². The highest BCUT2D eigenvalue weighted by molar-refractivity contribution is 14.1. The smallest absolute Gasteiger partial charge is 0.266 e. The number of rotatable bonds is 4. The molecule has 0 amide bonds. The molecule has 0 saturated heterocycles. The van der Waals surface area contributed by atoms with Gasteiger partial charge < -0.3 is 4.74 Å². The number of ether oxygens (including phenoxy) is 1. The van der Waals surface area contributed by atoms with Crippen LogP contribution >= 0.6 is 34.2 Å². The molecule has 0 saturated carbocycles. The average molecular weight is 515 g/mol. The Hall–Kier alpha value is -2.64. The summed E-state index contributed by atoms with van der Waals surface area (Å²) in [5.74, 6) is 1.18. The third-order valence-corrected chi connectivity index (χ3v) is 5.50. The summed E-state index contributed by atoms with van der Waals surface area (Å²) in [5.41, 5.74) is 2.04. The van der Waals surface area contributed by atoms with E-state index in [0.29, 0.717) is 33.2 Å². The molecule has 0 aliphatic carbocycles. The first-order valence-electron chi connectivity index (χ1n) is 8.86. The number of aromatic nitrogens is 2. The molecule has 3 aromatic carbocycles. The Kier molecular flexibility index (Phi) is 5.69. The molecule has 144 valence electrons. The van der Waals surface area contributed by atoms with Gasteiger partial charge in [-0.15, -0.1) is 0 Å². The van der Waals surface area contributed by atoms with Gasteiger partial charge in [0.05, 0.1) is 23.7 Å². The van der Waals surface area contributed by atoms with E-state index in [1.807, 2.05) is 72.8 Å². The molecule has 1 heterocycles. The Balaban J connectivity index is 1.98. The van der Waals surface area contributed by atoms with Gasteiger partial charge in [0.15, 0.2) is 0 Å². The van der Waals surface area contributed by atoms with Gasteiger partial charge >= 0.3 is 0 Å². The van der Waals surface area contributed by atoms with Crippen LogP contribution in [0.25, 0.3) is 28.7 Å². The molecule has 0 unspecified atom stereocenters. The maximum Gasteiger partial charge on any atom is 0.266 e. The molecule has 4 nitrogen and oxygen atoms in total. The molecule has 29 heavy (non-hydrogen) atoms. The fraction of sp³-hybridized carbons (Fsp3) is 0.0435. The Bertz CT molecular complexity index is 1300. The van der Waals surface area contributed by atoms with Crippen molar-refractivity contribution < 1.29 is 4.74 Å². The lowest BCUT2D eigenvalue weighted by Crippen LogP contribution is -2.22. The number of methoxy groups -OCH3 is 1. The highest BCUT2D eigenvalue weighted by Gasteiger charge is 2.12. The van der Waals surface area contributed by atoms with Crippen molar-refractivity contribution in [1.82, 2.24) is 9.55 Å². The van der Waals surface area contributed by atoms with Gasteiger partial charge in [0.1, 0.15) is 11.6 Å². The number of hydrogen-bond donors (Lipinski definition) is 0. The van der Waals surface area contributed by atoms with E-state index in [9.17, 15) is 4.79 Å². The first kappa shape index (κ1) is 19.7. The van der Waals surface area contributed by atoms with Crippen LogP contribution in [0.2, 0.25) is 5.02 Å².